The Balaban J connectivity index is 1.95. The van der Waals surface area contributed by atoms with E-state index < -0.39 is 18.5 Å². The van der Waals surface area contributed by atoms with Crippen LogP contribution < -0.4 is 5.32 Å². The maximum Gasteiger partial charge on any atom is 0.350 e. The maximum atomic E-state index is 12.3. The average molecular weight is 389 g/mol. The highest BCUT2D eigenvalue weighted by Gasteiger charge is 2.19. The van der Waals surface area contributed by atoms with Crippen molar-refractivity contribution in [3.05, 3.63) is 40.4 Å². The van der Waals surface area contributed by atoms with Crippen molar-refractivity contribution in [1.82, 2.24) is 15.2 Å². The highest BCUT2D eigenvalue weighted by Crippen LogP contribution is 2.28. The van der Waals surface area contributed by atoms with Crippen LogP contribution in [-0.4, -0.2) is 54.9 Å². The second-order valence-corrected chi connectivity index (χ2v) is 7.12. The Morgan fingerprint density at radius 2 is 1.85 bits per heavy atom. The lowest BCUT2D eigenvalue weighted by atomic mass is 10.1. The lowest BCUT2D eigenvalue weighted by molar-refractivity contribution is -0.131. The number of hydrogen-bond acceptors (Lipinski definition) is 6. The van der Waals surface area contributed by atoms with E-state index in [2.05, 4.69) is 17.2 Å². The average Bonchev–Trinajstić information content (AvgIpc) is 3.05. The molecule has 0 atom stereocenters. The summed E-state index contributed by atoms with van der Waals surface area (Å²) in [4.78, 5) is 41.5. The van der Waals surface area contributed by atoms with E-state index in [9.17, 15) is 14.4 Å². The monoisotopic (exact) mass is 389 g/mol. The second kappa shape index (κ2) is 9.27. The SMILES string of the molecule is CCc1ccc(-c2nc(C)c(C(=O)OCC(=O)NCC(=O)N(C)C)s2)cc1. The van der Waals surface area contributed by atoms with Gasteiger partial charge in [-0.2, -0.15) is 0 Å². The molecule has 2 rings (SSSR count). The van der Waals surface area contributed by atoms with Gasteiger partial charge in [0.1, 0.15) is 9.88 Å². The molecule has 0 saturated heterocycles. The van der Waals surface area contributed by atoms with E-state index in [0.717, 1.165) is 17.0 Å². The fraction of sp³-hybridized carbons (Fsp3) is 0.368. The van der Waals surface area contributed by atoms with Gasteiger partial charge in [0.25, 0.3) is 5.91 Å². The number of esters is 1. The predicted molar refractivity (Wildman–Crippen MR) is 104 cm³/mol. The van der Waals surface area contributed by atoms with E-state index in [4.69, 9.17) is 4.74 Å². The molecule has 0 aliphatic rings. The number of benzene rings is 1. The molecule has 0 spiro atoms. The summed E-state index contributed by atoms with van der Waals surface area (Å²) < 4.78 is 5.04. The third-order valence-corrected chi connectivity index (χ3v) is 5.05. The quantitative estimate of drug-likeness (QED) is 0.732. The molecule has 0 radical (unpaired) electrons. The number of aryl methyl sites for hydroxylation is 2. The first-order valence-electron chi connectivity index (χ1n) is 8.52. The molecule has 0 aliphatic heterocycles. The molecule has 0 saturated carbocycles. The Morgan fingerprint density at radius 3 is 2.44 bits per heavy atom. The fourth-order valence-corrected chi connectivity index (χ4v) is 3.14. The van der Waals surface area contributed by atoms with Crippen LogP contribution >= 0.6 is 11.3 Å². The van der Waals surface area contributed by atoms with Gasteiger partial charge in [-0.15, -0.1) is 11.3 Å². The maximum absolute atomic E-state index is 12.3. The minimum absolute atomic E-state index is 0.138. The number of carbonyl (C=O) groups excluding carboxylic acids is 3. The van der Waals surface area contributed by atoms with Crippen molar-refractivity contribution < 1.29 is 19.1 Å². The number of thiazole rings is 1. The highest BCUT2D eigenvalue weighted by molar-refractivity contribution is 7.17. The van der Waals surface area contributed by atoms with Crippen LogP contribution in [0, 0.1) is 6.92 Å². The van der Waals surface area contributed by atoms with Gasteiger partial charge in [0.05, 0.1) is 12.2 Å². The molecule has 0 bridgehead atoms. The number of rotatable bonds is 7. The van der Waals surface area contributed by atoms with Crippen LogP contribution in [0.5, 0.6) is 0 Å². The number of hydrogen-bond donors (Lipinski definition) is 1. The normalized spacial score (nSPS) is 10.4. The molecule has 144 valence electrons. The zero-order valence-corrected chi connectivity index (χ0v) is 16.7. The Morgan fingerprint density at radius 1 is 1.19 bits per heavy atom. The van der Waals surface area contributed by atoms with Crippen molar-refractivity contribution in [2.75, 3.05) is 27.2 Å². The van der Waals surface area contributed by atoms with E-state index in [0.29, 0.717) is 10.6 Å². The number of nitrogens with one attached hydrogen (secondary N) is 1. The Kier molecular flexibility index (Phi) is 7.06. The fourth-order valence-electron chi connectivity index (χ4n) is 2.17. The molecule has 0 fully saturated rings. The number of aromatic nitrogens is 1. The number of likely N-dealkylation sites (N-methyl/N-ethyl adjacent to an activating group) is 1. The minimum Gasteiger partial charge on any atom is -0.451 e. The van der Waals surface area contributed by atoms with E-state index in [1.807, 2.05) is 24.3 Å². The number of ether oxygens (including phenoxy) is 1. The van der Waals surface area contributed by atoms with E-state index in [1.165, 1.54) is 21.8 Å². The van der Waals surface area contributed by atoms with Crippen molar-refractivity contribution in [3.63, 3.8) is 0 Å². The summed E-state index contributed by atoms with van der Waals surface area (Å²) in [6.45, 7) is 3.23. The summed E-state index contributed by atoms with van der Waals surface area (Å²) in [5.41, 5.74) is 2.72. The van der Waals surface area contributed by atoms with Gasteiger partial charge in [-0.25, -0.2) is 9.78 Å². The molecular formula is C19H23N3O4S. The molecule has 0 aliphatic carbocycles. The highest BCUT2D eigenvalue weighted by atomic mass is 32.1. The summed E-state index contributed by atoms with van der Waals surface area (Å²) in [5, 5.41) is 3.13. The Labute approximate surface area is 162 Å². The van der Waals surface area contributed by atoms with Crippen LogP contribution in [0.1, 0.15) is 27.9 Å². The largest absolute Gasteiger partial charge is 0.451 e. The van der Waals surface area contributed by atoms with Crippen LogP contribution in [0.25, 0.3) is 10.6 Å². The smallest absolute Gasteiger partial charge is 0.350 e. The van der Waals surface area contributed by atoms with Gasteiger partial charge in [0.15, 0.2) is 6.61 Å². The van der Waals surface area contributed by atoms with Crippen molar-refractivity contribution in [2.45, 2.75) is 20.3 Å². The summed E-state index contributed by atoms with van der Waals surface area (Å²) in [7, 11) is 3.18. The molecular weight excluding hydrogens is 366 g/mol. The molecule has 27 heavy (non-hydrogen) atoms. The number of amides is 2. The molecule has 1 N–H and O–H groups in total. The number of nitrogens with zero attached hydrogens (tertiary/aromatic N) is 2. The second-order valence-electron chi connectivity index (χ2n) is 6.13. The van der Waals surface area contributed by atoms with Gasteiger partial charge in [-0.1, -0.05) is 31.2 Å². The first-order chi connectivity index (χ1) is 12.8. The van der Waals surface area contributed by atoms with Gasteiger partial charge in [0, 0.05) is 19.7 Å². The van der Waals surface area contributed by atoms with Crippen molar-refractivity contribution in [2.24, 2.45) is 0 Å². The molecule has 1 heterocycles. The molecule has 7 nitrogen and oxygen atoms in total. The van der Waals surface area contributed by atoms with Gasteiger partial charge < -0.3 is 15.0 Å². The van der Waals surface area contributed by atoms with E-state index >= 15 is 0 Å². The van der Waals surface area contributed by atoms with E-state index in [-0.39, 0.29) is 12.5 Å². The summed E-state index contributed by atoms with van der Waals surface area (Å²) in [6, 6.07) is 8.01. The molecule has 2 aromatic rings. The van der Waals surface area contributed by atoms with Crippen LogP contribution in [0.4, 0.5) is 0 Å². The topological polar surface area (TPSA) is 88.6 Å². The molecule has 0 unspecified atom stereocenters. The Bertz CT molecular complexity index is 828. The van der Waals surface area contributed by atoms with Gasteiger partial charge in [-0.05, 0) is 18.9 Å². The van der Waals surface area contributed by atoms with Crippen LogP contribution in [0.2, 0.25) is 0 Å². The van der Waals surface area contributed by atoms with Crippen molar-refractivity contribution >= 4 is 29.1 Å². The standard InChI is InChI=1S/C19H23N3O4S/c1-5-13-6-8-14(9-7-13)18-21-12(2)17(27-18)19(25)26-11-15(23)20-10-16(24)22(3)4/h6-9H,5,10-11H2,1-4H3,(H,20,23). The van der Waals surface area contributed by atoms with Crippen LogP contribution in [-0.2, 0) is 20.7 Å². The molecule has 1 aromatic carbocycles. The lowest BCUT2D eigenvalue weighted by Crippen LogP contribution is -2.38. The molecule has 8 heteroatoms. The van der Waals surface area contributed by atoms with Gasteiger partial charge >= 0.3 is 5.97 Å². The van der Waals surface area contributed by atoms with Crippen molar-refractivity contribution in [3.8, 4) is 10.6 Å². The van der Waals surface area contributed by atoms with Crippen LogP contribution in [0.15, 0.2) is 24.3 Å². The molecule has 2 amide bonds. The van der Waals surface area contributed by atoms with Gasteiger partial charge in [0.2, 0.25) is 5.91 Å². The summed E-state index contributed by atoms with van der Waals surface area (Å²) in [5.74, 6) is -1.38. The number of carbonyl (C=O) groups is 3. The molecule has 1 aromatic heterocycles. The zero-order chi connectivity index (χ0) is 20.0. The van der Waals surface area contributed by atoms with E-state index in [1.54, 1.807) is 21.0 Å². The summed E-state index contributed by atoms with van der Waals surface area (Å²) in [6.07, 6.45) is 0.955. The summed E-state index contributed by atoms with van der Waals surface area (Å²) >= 11 is 1.23. The third kappa shape index (κ3) is 5.62. The van der Waals surface area contributed by atoms with Crippen LogP contribution in [0.3, 0.4) is 0 Å². The lowest BCUT2D eigenvalue weighted by Gasteiger charge is -2.10. The predicted octanol–water partition coefficient (Wildman–Crippen LogP) is 2.04. The first kappa shape index (κ1) is 20.6. The Hall–Kier alpha value is -2.74. The zero-order valence-electron chi connectivity index (χ0n) is 15.9. The first-order valence-corrected chi connectivity index (χ1v) is 9.34. The van der Waals surface area contributed by atoms with Gasteiger partial charge in [-0.3, -0.25) is 9.59 Å². The van der Waals surface area contributed by atoms with Crippen molar-refractivity contribution in [1.29, 1.82) is 0 Å². The third-order valence-electron chi connectivity index (χ3n) is 3.86. The minimum atomic E-state index is -0.601.